The molecule has 5 heterocycles. The first-order chi connectivity index (χ1) is 30.9. The van der Waals surface area contributed by atoms with Crippen molar-refractivity contribution in [2.45, 2.75) is 205 Å². The quantitative estimate of drug-likeness (QED) is 0.112. The van der Waals surface area contributed by atoms with Gasteiger partial charge in [-0.1, -0.05) is 73.6 Å². The number of carboxylic acids is 1. The van der Waals surface area contributed by atoms with E-state index in [1.54, 1.807) is 19.1 Å². The molecule has 0 saturated carbocycles. The van der Waals surface area contributed by atoms with Crippen LogP contribution in [0.15, 0.2) is 36.4 Å². The Labute approximate surface area is 388 Å². The Morgan fingerprint density at radius 3 is 2.20 bits per heavy atom. The van der Waals surface area contributed by atoms with Gasteiger partial charge in [0.25, 0.3) is 0 Å². The summed E-state index contributed by atoms with van der Waals surface area (Å²) in [6.45, 7) is 19.0. The number of benzene rings is 1. The van der Waals surface area contributed by atoms with E-state index in [0.717, 1.165) is 12.5 Å². The molecule has 13 nitrogen and oxygen atoms in total. The van der Waals surface area contributed by atoms with E-state index in [-0.39, 0.29) is 30.0 Å². The number of alkyl halides is 3. The maximum absolute atomic E-state index is 14.7. The number of halogens is 3. The van der Waals surface area contributed by atoms with Crippen LogP contribution < -0.4 is 10.6 Å². The number of urea groups is 1. The van der Waals surface area contributed by atoms with Gasteiger partial charge in [-0.15, -0.1) is 0 Å². The number of para-hydroxylation sites is 1. The second kappa shape index (κ2) is 20.1. The number of carboxylic acid groups (broad SMARTS) is 1. The standard InChI is InChI=1S/C50H75F3N2O11/c1-11-33(44(58)59)37-19-18-27(4)42(63-37)31(8)40(56)30(7)41(57)34(12-2)43-28(5)26-29(6)48(64-43)23-20-38(55-45(60)54-36-17-15-14-16-35(36)50(51,52)53)49(66-48)25-24-46(10,65-49)39-21-22-47(61,13-3)32(9)62-39/h14-17,20,23,27-34,37-40,42-43,56,61H,11-13,18-19,21-22,24-26H2,1-10H3,(H,58,59)(H2,54,55,60)/t27-,28-,29+,30-,31-,32-,33+,34?,37+,38+,39+,40+,42+,43-,46-,47+,48-,49-/m0/s1. The van der Waals surface area contributed by atoms with Crippen LogP contribution >= 0.6 is 0 Å². The Kier molecular flexibility index (Phi) is 15.9. The summed E-state index contributed by atoms with van der Waals surface area (Å²) in [5.41, 5.74) is -3.41. The molecule has 66 heavy (non-hydrogen) atoms. The smallest absolute Gasteiger partial charge is 0.418 e. The molecule has 18 atom stereocenters. The largest absolute Gasteiger partial charge is 0.481 e. The van der Waals surface area contributed by atoms with Gasteiger partial charge < -0.3 is 49.6 Å². The van der Waals surface area contributed by atoms with Crippen LogP contribution in [0.1, 0.15) is 139 Å². The zero-order chi connectivity index (χ0) is 48.7. The van der Waals surface area contributed by atoms with E-state index >= 15 is 0 Å². The molecule has 2 amide bonds. The SMILES string of the molecule is CCC(C(=O)[C@@H](C)[C@@H](O)[C@H](C)[C@@H]1O[C@@H]([C@@H](CC)C(=O)O)CC[C@@H]1C)[C@H]1O[C@]2(C=C[C@@H](NC(=O)Nc3ccccc3C(F)(F)F)[C@]3(CC[C@@](C)([C@H]4CC[C@](O)(CC)[C@H](C)O4)O3)O2)[C@H](C)C[C@@H]1C. The van der Waals surface area contributed by atoms with Crippen molar-refractivity contribution in [1.29, 1.82) is 0 Å². The van der Waals surface area contributed by atoms with Crippen LogP contribution in [0.3, 0.4) is 0 Å². The summed E-state index contributed by atoms with van der Waals surface area (Å²) in [5.74, 6) is -7.17. The lowest BCUT2D eigenvalue weighted by Gasteiger charge is -2.55. The summed E-state index contributed by atoms with van der Waals surface area (Å²) < 4.78 is 76.1. The third kappa shape index (κ3) is 10.3. The van der Waals surface area contributed by atoms with Gasteiger partial charge in [-0.25, -0.2) is 4.79 Å². The highest BCUT2D eigenvalue weighted by Crippen LogP contribution is 2.54. The molecule has 1 unspecified atom stereocenters. The topological polar surface area (TPSA) is 182 Å². The summed E-state index contributed by atoms with van der Waals surface area (Å²) in [4.78, 5) is 40.4. The number of hydrogen-bond donors (Lipinski definition) is 5. The van der Waals surface area contributed by atoms with Crippen LogP contribution in [0.2, 0.25) is 0 Å². The predicted molar refractivity (Wildman–Crippen MR) is 240 cm³/mol. The van der Waals surface area contributed by atoms with Crippen LogP contribution in [-0.2, 0) is 39.4 Å². The fourth-order valence-electron chi connectivity index (χ4n) is 11.8. The number of aliphatic carboxylic acids is 1. The number of ether oxygens (including phenoxy) is 5. The molecule has 0 bridgehead atoms. The number of aliphatic hydroxyl groups excluding tert-OH is 1. The molecule has 1 aromatic carbocycles. The molecule has 4 saturated heterocycles. The number of carbonyl (C=O) groups is 3. The number of nitrogens with one attached hydrogen (secondary N) is 2. The number of carbonyl (C=O) groups excluding carboxylic acids is 2. The van der Waals surface area contributed by atoms with Crippen molar-refractivity contribution in [3.63, 3.8) is 0 Å². The minimum absolute atomic E-state index is 0.0412. The second-order valence-electron chi connectivity index (χ2n) is 20.6. The first kappa shape index (κ1) is 52.3. The lowest BCUT2D eigenvalue weighted by molar-refractivity contribution is -0.397. The molecule has 6 rings (SSSR count). The molecule has 1 aromatic rings. The number of anilines is 1. The van der Waals surface area contributed by atoms with E-state index in [1.807, 2.05) is 62.3 Å². The third-order valence-electron chi connectivity index (χ3n) is 16.2. The van der Waals surface area contributed by atoms with E-state index in [0.29, 0.717) is 51.4 Å². The highest BCUT2D eigenvalue weighted by molar-refractivity contribution is 5.90. The van der Waals surface area contributed by atoms with Gasteiger partial charge in [0.1, 0.15) is 11.8 Å². The molecule has 372 valence electrons. The van der Waals surface area contributed by atoms with Gasteiger partial charge in [-0.05, 0) is 102 Å². The molecular formula is C50H75F3N2O11. The van der Waals surface area contributed by atoms with E-state index in [4.69, 9.17) is 23.7 Å². The maximum atomic E-state index is 14.7. The molecule has 5 aliphatic heterocycles. The zero-order valence-electron chi connectivity index (χ0n) is 40.4. The lowest BCUT2D eigenvalue weighted by atomic mass is 9.72. The summed E-state index contributed by atoms with van der Waals surface area (Å²) >= 11 is 0. The molecule has 16 heteroatoms. The number of amides is 2. The number of aliphatic hydroxyl groups is 2. The third-order valence-corrected chi connectivity index (χ3v) is 16.2. The molecule has 2 spiro atoms. The minimum Gasteiger partial charge on any atom is -0.481 e. The van der Waals surface area contributed by atoms with Crippen molar-refractivity contribution in [2.24, 2.45) is 41.4 Å². The van der Waals surface area contributed by atoms with Crippen LogP contribution in [0.25, 0.3) is 0 Å². The molecule has 0 aliphatic carbocycles. The second-order valence-corrected chi connectivity index (χ2v) is 20.6. The lowest BCUT2D eigenvalue weighted by Crippen LogP contribution is -2.66. The molecule has 4 fully saturated rings. The number of hydrogen-bond acceptors (Lipinski definition) is 10. The average Bonchev–Trinajstić information content (AvgIpc) is 3.61. The summed E-state index contributed by atoms with van der Waals surface area (Å²) in [6.07, 6.45) is -0.127. The van der Waals surface area contributed by atoms with E-state index in [1.165, 1.54) is 18.2 Å². The van der Waals surface area contributed by atoms with E-state index in [9.17, 15) is 42.9 Å². The average molecular weight is 937 g/mol. The fourth-order valence-corrected chi connectivity index (χ4v) is 11.8. The number of rotatable bonds is 14. The number of Topliss-reactive ketones (excluding diaryl/α,β-unsaturated/α-hetero) is 1. The van der Waals surface area contributed by atoms with Gasteiger partial charge >= 0.3 is 18.2 Å². The predicted octanol–water partition coefficient (Wildman–Crippen LogP) is 9.04. The van der Waals surface area contributed by atoms with E-state index < -0.39 is 119 Å². The maximum Gasteiger partial charge on any atom is 0.418 e. The summed E-state index contributed by atoms with van der Waals surface area (Å²) in [7, 11) is 0. The monoisotopic (exact) mass is 937 g/mol. The van der Waals surface area contributed by atoms with Crippen LogP contribution in [-0.4, -0.2) is 98.5 Å². The fraction of sp³-hybridized carbons (Fsp3) is 0.780. The van der Waals surface area contributed by atoms with E-state index in [2.05, 4.69) is 10.6 Å². The van der Waals surface area contributed by atoms with Gasteiger partial charge in [0.05, 0.1) is 65.0 Å². The summed E-state index contributed by atoms with van der Waals surface area (Å²) in [6, 6.07) is 2.79. The van der Waals surface area contributed by atoms with Crippen molar-refractivity contribution in [3.8, 4) is 0 Å². The van der Waals surface area contributed by atoms with Crippen molar-refractivity contribution in [1.82, 2.24) is 5.32 Å². The van der Waals surface area contributed by atoms with Crippen molar-refractivity contribution >= 4 is 23.5 Å². The Morgan fingerprint density at radius 1 is 0.894 bits per heavy atom. The van der Waals surface area contributed by atoms with Gasteiger partial charge in [0, 0.05) is 30.1 Å². The Morgan fingerprint density at radius 2 is 1.58 bits per heavy atom. The molecule has 5 N–H and O–H groups in total. The van der Waals surface area contributed by atoms with Crippen LogP contribution in [0.5, 0.6) is 0 Å². The van der Waals surface area contributed by atoms with Gasteiger partial charge in [0.2, 0.25) is 0 Å². The molecule has 0 radical (unpaired) electrons. The first-order valence-corrected chi connectivity index (χ1v) is 24.4. The Bertz CT molecular complexity index is 1920. The van der Waals surface area contributed by atoms with Gasteiger partial charge in [-0.2, -0.15) is 13.2 Å². The highest BCUT2D eigenvalue weighted by Gasteiger charge is 2.63. The van der Waals surface area contributed by atoms with Crippen LogP contribution in [0, 0.1) is 41.4 Å². The van der Waals surface area contributed by atoms with Crippen molar-refractivity contribution < 1.29 is 66.6 Å². The van der Waals surface area contributed by atoms with Crippen molar-refractivity contribution in [3.05, 3.63) is 42.0 Å². The normalized spacial score (nSPS) is 39.5. The molecule has 5 aliphatic rings. The van der Waals surface area contributed by atoms with Crippen molar-refractivity contribution in [2.75, 3.05) is 5.32 Å². The van der Waals surface area contributed by atoms with Crippen LogP contribution in [0.4, 0.5) is 23.7 Å². The first-order valence-electron chi connectivity index (χ1n) is 24.4. The minimum atomic E-state index is -4.72. The molecular weight excluding hydrogens is 862 g/mol. The Hall–Kier alpha value is -3.12. The zero-order valence-corrected chi connectivity index (χ0v) is 40.4. The Balaban J connectivity index is 1.27. The molecule has 0 aromatic heterocycles. The van der Waals surface area contributed by atoms with Gasteiger partial charge in [-0.3, -0.25) is 9.59 Å². The van der Waals surface area contributed by atoms with Gasteiger partial charge in [0.15, 0.2) is 11.6 Å². The highest BCUT2D eigenvalue weighted by atomic mass is 19.4. The summed E-state index contributed by atoms with van der Waals surface area (Å²) in [5, 5.41) is 38.2. The number of ketones is 1.